The number of anilines is 2. The molecule has 0 saturated heterocycles. The molecule has 0 bridgehead atoms. The Morgan fingerprint density at radius 3 is 2.17 bits per heavy atom. The summed E-state index contributed by atoms with van der Waals surface area (Å²) in [7, 11) is 0. The molecule has 0 saturated carbocycles. The molecule has 0 radical (unpaired) electrons. The number of para-hydroxylation sites is 1. The van der Waals surface area contributed by atoms with Crippen molar-refractivity contribution in [1.29, 1.82) is 0 Å². The Hall–Kier alpha value is -3.80. The topological polar surface area (TPSA) is 88.2 Å². The van der Waals surface area contributed by atoms with Crippen LogP contribution in [0.3, 0.4) is 0 Å². The maximum Gasteiger partial charge on any atom is 0.274 e. The van der Waals surface area contributed by atoms with Crippen LogP contribution >= 0.6 is 0 Å². The molecule has 146 valence electrons. The van der Waals surface area contributed by atoms with Crippen LogP contribution < -0.4 is 10.6 Å². The van der Waals surface area contributed by atoms with Crippen LogP contribution in [0, 0.1) is 13.8 Å². The number of carbonyl (C=O) groups excluding carboxylic acids is 3. The van der Waals surface area contributed by atoms with E-state index in [0.717, 1.165) is 16.8 Å². The maximum absolute atomic E-state index is 12.6. The number of ketones is 1. The Balaban J connectivity index is 1.78. The molecule has 0 unspecified atom stereocenters. The number of pyridine rings is 1. The average molecular weight is 387 g/mol. The van der Waals surface area contributed by atoms with Gasteiger partial charge in [-0.25, -0.2) is 0 Å². The largest absolute Gasteiger partial charge is 0.322 e. The van der Waals surface area contributed by atoms with Crippen LogP contribution in [0.4, 0.5) is 11.4 Å². The number of hydrogen-bond acceptors (Lipinski definition) is 4. The van der Waals surface area contributed by atoms with Gasteiger partial charge in [-0.2, -0.15) is 0 Å². The van der Waals surface area contributed by atoms with Crippen molar-refractivity contribution in [3.8, 4) is 0 Å². The van der Waals surface area contributed by atoms with Gasteiger partial charge in [0.25, 0.3) is 11.8 Å². The second-order valence-corrected chi connectivity index (χ2v) is 6.74. The third-order valence-corrected chi connectivity index (χ3v) is 4.50. The van der Waals surface area contributed by atoms with Gasteiger partial charge in [-0.1, -0.05) is 30.3 Å². The van der Waals surface area contributed by atoms with Gasteiger partial charge in [0.2, 0.25) is 0 Å². The first kappa shape index (κ1) is 19.9. The molecule has 0 aliphatic heterocycles. The van der Waals surface area contributed by atoms with Crippen molar-refractivity contribution in [3.05, 3.63) is 88.7 Å². The fourth-order valence-electron chi connectivity index (χ4n) is 2.90. The number of carbonyl (C=O) groups is 3. The van der Waals surface area contributed by atoms with Crippen molar-refractivity contribution in [2.24, 2.45) is 0 Å². The summed E-state index contributed by atoms with van der Waals surface area (Å²) in [4.78, 5) is 40.8. The van der Waals surface area contributed by atoms with E-state index in [-0.39, 0.29) is 11.5 Å². The van der Waals surface area contributed by atoms with Gasteiger partial charge in [-0.05, 0) is 56.2 Å². The SMILES string of the molecule is CC(=O)c1cccc(NC(=O)c2ccnc(C(=O)Nc3c(C)cccc3C)c2)c1. The molecule has 2 aromatic carbocycles. The highest BCUT2D eigenvalue weighted by atomic mass is 16.2. The molecular weight excluding hydrogens is 366 g/mol. The fourth-order valence-corrected chi connectivity index (χ4v) is 2.90. The summed E-state index contributed by atoms with van der Waals surface area (Å²) in [5, 5.41) is 5.60. The lowest BCUT2D eigenvalue weighted by molar-refractivity contribution is 0.100. The van der Waals surface area contributed by atoms with Gasteiger partial charge in [0.15, 0.2) is 5.78 Å². The number of rotatable bonds is 5. The normalized spacial score (nSPS) is 10.3. The minimum atomic E-state index is -0.394. The molecule has 1 aromatic heterocycles. The van der Waals surface area contributed by atoms with Crippen LogP contribution in [0.25, 0.3) is 0 Å². The summed E-state index contributed by atoms with van der Waals surface area (Å²) in [6, 6.07) is 15.4. The molecule has 6 heteroatoms. The van der Waals surface area contributed by atoms with Gasteiger partial charge in [-0.3, -0.25) is 19.4 Å². The molecular formula is C23H21N3O3. The zero-order valence-corrected chi connectivity index (χ0v) is 16.4. The van der Waals surface area contributed by atoms with Gasteiger partial charge in [0, 0.05) is 28.7 Å². The molecule has 0 aliphatic rings. The van der Waals surface area contributed by atoms with Crippen LogP contribution in [0.1, 0.15) is 49.3 Å². The quantitative estimate of drug-likeness (QED) is 0.635. The molecule has 29 heavy (non-hydrogen) atoms. The average Bonchev–Trinajstić information content (AvgIpc) is 2.71. The van der Waals surface area contributed by atoms with Crippen LogP contribution in [0.15, 0.2) is 60.8 Å². The molecule has 3 rings (SSSR count). The predicted molar refractivity (Wildman–Crippen MR) is 113 cm³/mol. The molecule has 0 spiro atoms. The molecule has 2 amide bonds. The van der Waals surface area contributed by atoms with E-state index in [4.69, 9.17) is 0 Å². The highest BCUT2D eigenvalue weighted by Crippen LogP contribution is 2.20. The van der Waals surface area contributed by atoms with E-state index in [1.807, 2.05) is 32.0 Å². The minimum absolute atomic E-state index is 0.0875. The van der Waals surface area contributed by atoms with E-state index in [0.29, 0.717) is 16.8 Å². The zero-order valence-electron chi connectivity index (χ0n) is 16.4. The van der Waals surface area contributed by atoms with E-state index in [2.05, 4.69) is 15.6 Å². The first-order valence-corrected chi connectivity index (χ1v) is 9.11. The second kappa shape index (κ2) is 8.48. The standard InChI is InChI=1S/C23H21N3O3/c1-14-6-4-7-15(2)21(14)26-23(29)20-13-18(10-11-24-20)22(28)25-19-9-5-8-17(12-19)16(3)27/h4-13H,1-3H3,(H,25,28)(H,26,29). The first-order chi connectivity index (χ1) is 13.8. The summed E-state index contributed by atoms with van der Waals surface area (Å²) in [5.74, 6) is -0.875. The Kier molecular flexibility index (Phi) is 5.83. The van der Waals surface area contributed by atoms with E-state index >= 15 is 0 Å². The Bertz CT molecular complexity index is 1090. The van der Waals surface area contributed by atoms with E-state index in [9.17, 15) is 14.4 Å². The minimum Gasteiger partial charge on any atom is -0.322 e. The van der Waals surface area contributed by atoms with Crippen molar-refractivity contribution < 1.29 is 14.4 Å². The van der Waals surface area contributed by atoms with Gasteiger partial charge in [0.05, 0.1) is 0 Å². The van der Waals surface area contributed by atoms with Gasteiger partial charge in [0.1, 0.15) is 5.69 Å². The van der Waals surface area contributed by atoms with Crippen LogP contribution in [0.5, 0.6) is 0 Å². The summed E-state index contributed by atoms with van der Waals surface area (Å²) < 4.78 is 0. The number of nitrogens with one attached hydrogen (secondary N) is 2. The highest BCUT2D eigenvalue weighted by Gasteiger charge is 2.14. The Morgan fingerprint density at radius 2 is 1.48 bits per heavy atom. The summed E-state index contributed by atoms with van der Waals surface area (Å²) in [6.07, 6.45) is 1.42. The van der Waals surface area contributed by atoms with Crippen molar-refractivity contribution in [2.75, 3.05) is 10.6 Å². The lowest BCUT2D eigenvalue weighted by Crippen LogP contribution is -2.18. The predicted octanol–water partition coefficient (Wildman–Crippen LogP) is 4.41. The van der Waals surface area contributed by atoms with Gasteiger partial charge in [-0.15, -0.1) is 0 Å². The molecule has 0 aliphatic carbocycles. The number of nitrogens with zero attached hydrogens (tertiary/aromatic N) is 1. The maximum atomic E-state index is 12.6. The number of aryl methyl sites for hydroxylation is 2. The smallest absolute Gasteiger partial charge is 0.274 e. The van der Waals surface area contributed by atoms with Gasteiger partial charge >= 0.3 is 0 Å². The van der Waals surface area contributed by atoms with Crippen LogP contribution in [-0.4, -0.2) is 22.6 Å². The van der Waals surface area contributed by atoms with Crippen molar-refractivity contribution in [3.63, 3.8) is 0 Å². The van der Waals surface area contributed by atoms with E-state index in [1.165, 1.54) is 25.3 Å². The molecule has 3 aromatic rings. The Labute approximate surface area is 169 Å². The summed E-state index contributed by atoms with van der Waals surface area (Å²) in [5.41, 5.74) is 4.05. The molecule has 1 heterocycles. The summed E-state index contributed by atoms with van der Waals surface area (Å²) in [6.45, 7) is 5.29. The third kappa shape index (κ3) is 4.73. The van der Waals surface area contributed by atoms with Crippen molar-refractivity contribution in [1.82, 2.24) is 4.98 Å². The van der Waals surface area contributed by atoms with E-state index < -0.39 is 11.8 Å². The number of benzene rings is 2. The zero-order chi connectivity index (χ0) is 21.0. The molecule has 0 fully saturated rings. The molecule has 6 nitrogen and oxygen atoms in total. The number of hydrogen-bond donors (Lipinski definition) is 2. The van der Waals surface area contributed by atoms with Crippen molar-refractivity contribution >= 4 is 29.0 Å². The van der Waals surface area contributed by atoms with Gasteiger partial charge < -0.3 is 10.6 Å². The highest BCUT2D eigenvalue weighted by molar-refractivity contribution is 6.08. The summed E-state index contributed by atoms with van der Waals surface area (Å²) >= 11 is 0. The molecule has 2 N–H and O–H groups in total. The lowest BCUT2D eigenvalue weighted by atomic mass is 10.1. The first-order valence-electron chi connectivity index (χ1n) is 9.11. The van der Waals surface area contributed by atoms with Crippen LogP contribution in [-0.2, 0) is 0 Å². The lowest BCUT2D eigenvalue weighted by Gasteiger charge is -2.11. The van der Waals surface area contributed by atoms with Crippen molar-refractivity contribution in [2.45, 2.75) is 20.8 Å². The number of aromatic nitrogens is 1. The Morgan fingerprint density at radius 1 is 0.793 bits per heavy atom. The molecule has 0 atom stereocenters. The van der Waals surface area contributed by atoms with E-state index in [1.54, 1.807) is 24.3 Å². The second-order valence-electron chi connectivity index (χ2n) is 6.74. The fraction of sp³-hybridized carbons (Fsp3) is 0.130. The number of amides is 2. The number of Topliss-reactive ketones (excluding diaryl/α,β-unsaturated/α-hetero) is 1. The van der Waals surface area contributed by atoms with Crippen LogP contribution in [0.2, 0.25) is 0 Å². The monoisotopic (exact) mass is 387 g/mol. The third-order valence-electron chi connectivity index (χ3n) is 4.50.